The molecule has 0 atom stereocenters. The van der Waals surface area contributed by atoms with Crippen molar-refractivity contribution in [1.82, 2.24) is 4.90 Å². The highest BCUT2D eigenvalue weighted by Gasteiger charge is 2.07. The average molecular weight is 259 g/mol. The Bertz CT molecular complexity index is 478. The molecule has 0 saturated heterocycles. The molecule has 0 bridgehead atoms. The third kappa shape index (κ3) is 4.72. The zero-order valence-electron chi connectivity index (χ0n) is 11.6. The highest BCUT2D eigenvalue weighted by Crippen LogP contribution is 2.12. The number of carbonyl (C=O) groups is 1. The first-order valence-corrected chi connectivity index (χ1v) is 6.34. The predicted molar refractivity (Wildman–Crippen MR) is 78.8 cm³/mol. The van der Waals surface area contributed by atoms with Crippen LogP contribution in [0.1, 0.15) is 16.7 Å². The lowest BCUT2D eigenvalue weighted by Gasteiger charge is -2.17. The van der Waals surface area contributed by atoms with Gasteiger partial charge in [0.1, 0.15) is 0 Å². The van der Waals surface area contributed by atoms with Crippen molar-refractivity contribution in [2.75, 3.05) is 19.7 Å². The van der Waals surface area contributed by atoms with Gasteiger partial charge < -0.3 is 10.0 Å². The fraction of sp³-hybridized carbons (Fsp3) is 0.312. The minimum absolute atomic E-state index is 0.0447. The van der Waals surface area contributed by atoms with E-state index in [4.69, 9.17) is 5.11 Å². The maximum Gasteiger partial charge on any atom is 0.246 e. The molecular formula is C16H21NO2. The molecule has 1 N–H and O–H groups in total. The molecule has 3 heteroatoms. The van der Waals surface area contributed by atoms with Crippen LogP contribution in [0.15, 0.2) is 36.9 Å². The molecule has 0 radical (unpaired) electrons. The number of benzene rings is 1. The van der Waals surface area contributed by atoms with Gasteiger partial charge in [-0.25, -0.2) is 0 Å². The Morgan fingerprint density at radius 3 is 2.74 bits per heavy atom. The zero-order chi connectivity index (χ0) is 14.3. The van der Waals surface area contributed by atoms with E-state index in [0.717, 1.165) is 11.1 Å². The summed E-state index contributed by atoms with van der Waals surface area (Å²) in [5.41, 5.74) is 3.37. The van der Waals surface area contributed by atoms with Crippen LogP contribution in [0.5, 0.6) is 0 Å². The van der Waals surface area contributed by atoms with Gasteiger partial charge in [0.25, 0.3) is 0 Å². The molecule has 0 aromatic heterocycles. The number of amides is 1. The molecule has 0 aliphatic heterocycles. The summed E-state index contributed by atoms with van der Waals surface area (Å²) in [4.78, 5) is 13.5. The van der Waals surface area contributed by atoms with Crippen molar-refractivity contribution >= 4 is 12.0 Å². The van der Waals surface area contributed by atoms with Gasteiger partial charge in [-0.15, -0.1) is 6.58 Å². The summed E-state index contributed by atoms with van der Waals surface area (Å²) in [6, 6.07) is 6.10. The van der Waals surface area contributed by atoms with Crippen LogP contribution < -0.4 is 0 Å². The van der Waals surface area contributed by atoms with E-state index in [1.807, 2.05) is 32.1 Å². The highest BCUT2D eigenvalue weighted by molar-refractivity contribution is 5.92. The molecule has 0 aliphatic rings. The van der Waals surface area contributed by atoms with Gasteiger partial charge in [0.15, 0.2) is 0 Å². The first-order chi connectivity index (χ1) is 9.08. The van der Waals surface area contributed by atoms with Crippen molar-refractivity contribution in [3.05, 3.63) is 53.6 Å². The SMILES string of the molecule is C=CCN(CCO)C(=O)/C=C/c1ccc(C)cc1C. The normalized spacial score (nSPS) is 10.7. The van der Waals surface area contributed by atoms with Crippen LogP contribution in [0, 0.1) is 13.8 Å². The second-order valence-electron chi connectivity index (χ2n) is 4.49. The van der Waals surface area contributed by atoms with Crippen molar-refractivity contribution in [1.29, 1.82) is 0 Å². The van der Waals surface area contributed by atoms with E-state index in [1.165, 1.54) is 11.6 Å². The maximum atomic E-state index is 12.0. The first-order valence-electron chi connectivity index (χ1n) is 6.34. The molecule has 102 valence electrons. The summed E-state index contributed by atoms with van der Waals surface area (Å²) in [6.07, 6.45) is 5.00. The van der Waals surface area contributed by atoms with E-state index in [0.29, 0.717) is 13.1 Å². The van der Waals surface area contributed by atoms with E-state index in [2.05, 4.69) is 12.6 Å². The Morgan fingerprint density at radius 2 is 2.16 bits per heavy atom. The third-order valence-electron chi connectivity index (χ3n) is 2.86. The van der Waals surface area contributed by atoms with E-state index in [9.17, 15) is 4.79 Å². The minimum atomic E-state index is -0.117. The highest BCUT2D eigenvalue weighted by atomic mass is 16.3. The van der Waals surface area contributed by atoms with Gasteiger partial charge in [-0.2, -0.15) is 0 Å². The van der Waals surface area contributed by atoms with Gasteiger partial charge in [-0.3, -0.25) is 4.79 Å². The van der Waals surface area contributed by atoms with Gasteiger partial charge in [-0.05, 0) is 31.1 Å². The molecule has 0 fully saturated rings. The molecule has 0 heterocycles. The maximum absolute atomic E-state index is 12.0. The monoisotopic (exact) mass is 259 g/mol. The van der Waals surface area contributed by atoms with E-state index in [1.54, 1.807) is 11.0 Å². The summed E-state index contributed by atoms with van der Waals surface area (Å²) in [7, 11) is 0. The lowest BCUT2D eigenvalue weighted by molar-refractivity contribution is -0.125. The largest absolute Gasteiger partial charge is 0.395 e. The number of hydrogen-bond donors (Lipinski definition) is 1. The first kappa shape index (κ1) is 15.2. The Balaban J connectivity index is 2.78. The van der Waals surface area contributed by atoms with Gasteiger partial charge in [0.05, 0.1) is 6.61 Å². The van der Waals surface area contributed by atoms with Crippen LogP contribution in [0.3, 0.4) is 0 Å². The smallest absolute Gasteiger partial charge is 0.246 e. The number of aryl methyl sites for hydroxylation is 2. The average Bonchev–Trinajstić information content (AvgIpc) is 2.37. The summed E-state index contributed by atoms with van der Waals surface area (Å²) in [6.45, 7) is 8.39. The molecule has 1 aromatic rings. The predicted octanol–water partition coefficient (Wildman–Crippen LogP) is 2.32. The Labute approximate surface area is 114 Å². The number of aliphatic hydroxyl groups excluding tert-OH is 1. The standard InChI is InChI=1S/C16H21NO2/c1-4-9-17(10-11-18)16(19)8-7-15-6-5-13(2)12-14(15)3/h4-8,12,18H,1,9-11H2,2-3H3/b8-7+. The van der Waals surface area contributed by atoms with Gasteiger partial charge in [-0.1, -0.05) is 29.8 Å². The van der Waals surface area contributed by atoms with Crippen molar-refractivity contribution in [3.8, 4) is 0 Å². The van der Waals surface area contributed by atoms with Gasteiger partial charge in [0.2, 0.25) is 5.91 Å². The number of rotatable bonds is 6. The Hall–Kier alpha value is -1.87. The van der Waals surface area contributed by atoms with Crippen LogP contribution in [0.4, 0.5) is 0 Å². The van der Waals surface area contributed by atoms with Crippen LogP contribution in [-0.4, -0.2) is 35.6 Å². The molecule has 0 spiro atoms. The zero-order valence-corrected chi connectivity index (χ0v) is 11.6. The molecular weight excluding hydrogens is 238 g/mol. The van der Waals surface area contributed by atoms with Crippen molar-refractivity contribution < 1.29 is 9.90 Å². The summed E-state index contributed by atoms with van der Waals surface area (Å²) < 4.78 is 0. The number of carbonyl (C=O) groups excluding carboxylic acids is 1. The molecule has 0 aliphatic carbocycles. The van der Waals surface area contributed by atoms with Crippen LogP contribution in [0.25, 0.3) is 6.08 Å². The molecule has 0 unspecified atom stereocenters. The molecule has 1 rings (SSSR count). The van der Waals surface area contributed by atoms with Crippen LogP contribution in [-0.2, 0) is 4.79 Å². The molecule has 3 nitrogen and oxygen atoms in total. The van der Waals surface area contributed by atoms with E-state index < -0.39 is 0 Å². The Kier molecular flexibility index (Phi) is 6.03. The van der Waals surface area contributed by atoms with Crippen molar-refractivity contribution in [2.24, 2.45) is 0 Å². The molecule has 1 amide bonds. The van der Waals surface area contributed by atoms with Gasteiger partial charge in [0, 0.05) is 19.2 Å². The van der Waals surface area contributed by atoms with Gasteiger partial charge >= 0.3 is 0 Å². The summed E-state index contributed by atoms with van der Waals surface area (Å²) in [5, 5.41) is 8.92. The molecule has 19 heavy (non-hydrogen) atoms. The summed E-state index contributed by atoms with van der Waals surface area (Å²) >= 11 is 0. The number of hydrogen-bond acceptors (Lipinski definition) is 2. The van der Waals surface area contributed by atoms with E-state index in [-0.39, 0.29) is 12.5 Å². The fourth-order valence-corrected chi connectivity index (χ4v) is 1.85. The molecule has 1 aromatic carbocycles. The van der Waals surface area contributed by atoms with Crippen molar-refractivity contribution in [3.63, 3.8) is 0 Å². The Morgan fingerprint density at radius 1 is 1.42 bits per heavy atom. The number of nitrogens with zero attached hydrogens (tertiary/aromatic N) is 1. The lowest BCUT2D eigenvalue weighted by atomic mass is 10.1. The second-order valence-corrected chi connectivity index (χ2v) is 4.49. The van der Waals surface area contributed by atoms with Crippen molar-refractivity contribution in [2.45, 2.75) is 13.8 Å². The lowest BCUT2D eigenvalue weighted by Crippen LogP contribution is -2.32. The quantitative estimate of drug-likeness (QED) is 0.629. The summed E-state index contributed by atoms with van der Waals surface area (Å²) in [5.74, 6) is -0.117. The van der Waals surface area contributed by atoms with Crippen LogP contribution >= 0.6 is 0 Å². The fourth-order valence-electron chi connectivity index (χ4n) is 1.85. The third-order valence-corrected chi connectivity index (χ3v) is 2.86. The van der Waals surface area contributed by atoms with E-state index >= 15 is 0 Å². The molecule has 0 saturated carbocycles. The minimum Gasteiger partial charge on any atom is -0.395 e. The second kappa shape index (κ2) is 7.54. The topological polar surface area (TPSA) is 40.5 Å². The van der Waals surface area contributed by atoms with Crippen LogP contribution in [0.2, 0.25) is 0 Å². The number of aliphatic hydroxyl groups is 1.